The van der Waals surface area contributed by atoms with Gasteiger partial charge in [0.15, 0.2) is 0 Å². The molecule has 3 N–H and O–H groups in total. The summed E-state index contributed by atoms with van der Waals surface area (Å²) in [5.74, 6) is 0.587. The molecule has 0 aliphatic rings. The Kier molecular flexibility index (Phi) is 3.20. The van der Waals surface area contributed by atoms with Crippen molar-refractivity contribution in [3.05, 3.63) is 36.2 Å². The number of phenolic OH excluding ortho intramolecular Hbond substituents is 1. The van der Waals surface area contributed by atoms with Gasteiger partial charge in [0.25, 0.3) is 0 Å². The van der Waals surface area contributed by atoms with E-state index in [1.807, 2.05) is 6.07 Å². The normalized spacial score (nSPS) is 10.2. The highest BCUT2D eigenvalue weighted by Gasteiger charge is 2.14. The van der Waals surface area contributed by atoms with Gasteiger partial charge in [0.2, 0.25) is 5.88 Å². The highest BCUT2D eigenvalue weighted by atomic mass is 16.5. The highest BCUT2D eigenvalue weighted by Crippen LogP contribution is 2.32. The van der Waals surface area contributed by atoms with Gasteiger partial charge in [0, 0.05) is 12.1 Å². The van der Waals surface area contributed by atoms with Crippen molar-refractivity contribution in [1.29, 1.82) is 0 Å². The standard InChI is InChI=1S/C12H13N3O2/c1-17-12-9(6-13)11(14-7-15-12)8-4-2-3-5-10(8)16/h2-5,7,16H,6,13H2,1H3. The van der Waals surface area contributed by atoms with Crippen molar-refractivity contribution in [2.45, 2.75) is 6.54 Å². The monoisotopic (exact) mass is 231 g/mol. The van der Waals surface area contributed by atoms with Crippen LogP contribution >= 0.6 is 0 Å². The molecule has 0 amide bonds. The first-order valence-corrected chi connectivity index (χ1v) is 5.14. The first kappa shape index (κ1) is 11.3. The molecule has 0 bridgehead atoms. The summed E-state index contributed by atoms with van der Waals surface area (Å²) in [5, 5.41) is 9.81. The first-order valence-electron chi connectivity index (χ1n) is 5.14. The minimum absolute atomic E-state index is 0.156. The van der Waals surface area contributed by atoms with E-state index in [-0.39, 0.29) is 12.3 Å². The van der Waals surface area contributed by atoms with Crippen molar-refractivity contribution in [3.8, 4) is 22.9 Å². The van der Waals surface area contributed by atoms with Crippen LogP contribution in [0.1, 0.15) is 5.56 Å². The minimum Gasteiger partial charge on any atom is -0.507 e. The van der Waals surface area contributed by atoms with Gasteiger partial charge < -0.3 is 15.6 Å². The molecule has 0 atom stereocenters. The largest absolute Gasteiger partial charge is 0.507 e. The lowest BCUT2D eigenvalue weighted by Gasteiger charge is -2.11. The second-order valence-corrected chi connectivity index (χ2v) is 3.43. The SMILES string of the molecule is COc1ncnc(-c2ccccc2O)c1CN. The van der Waals surface area contributed by atoms with Gasteiger partial charge in [-0.2, -0.15) is 0 Å². The number of hydrogen-bond acceptors (Lipinski definition) is 5. The van der Waals surface area contributed by atoms with Gasteiger partial charge in [-0.25, -0.2) is 9.97 Å². The number of nitrogens with two attached hydrogens (primary N) is 1. The fraction of sp³-hybridized carbons (Fsp3) is 0.167. The van der Waals surface area contributed by atoms with Crippen molar-refractivity contribution in [2.75, 3.05) is 7.11 Å². The molecule has 0 fully saturated rings. The second-order valence-electron chi connectivity index (χ2n) is 3.43. The lowest BCUT2D eigenvalue weighted by molar-refractivity contribution is 0.391. The molecule has 0 radical (unpaired) electrons. The topological polar surface area (TPSA) is 81.3 Å². The van der Waals surface area contributed by atoms with Crippen LogP contribution in [-0.2, 0) is 6.54 Å². The van der Waals surface area contributed by atoms with E-state index in [9.17, 15) is 5.11 Å². The number of aromatic nitrogens is 2. The van der Waals surface area contributed by atoms with E-state index in [0.717, 1.165) is 0 Å². The summed E-state index contributed by atoms with van der Waals surface area (Å²) in [7, 11) is 1.52. The molecule has 2 rings (SSSR count). The summed E-state index contributed by atoms with van der Waals surface area (Å²) in [6, 6.07) is 6.95. The first-order chi connectivity index (χ1) is 8.27. The molecule has 0 aliphatic carbocycles. The molecule has 2 aromatic rings. The number of para-hydroxylation sites is 1. The number of benzene rings is 1. The molecule has 1 aromatic heterocycles. The molecule has 1 aromatic carbocycles. The summed E-state index contributed by atoms with van der Waals surface area (Å²) < 4.78 is 5.13. The van der Waals surface area contributed by atoms with Crippen LogP contribution in [-0.4, -0.2) is 22.2 Å². The fourth-order valence-electron chi connectivity index (χ4n) is 1.66. The third-order valence-electron chi connectivity index (χ3n) is 2.46. The van der Waals surface area contributed by atoms with Gasteiger partial charge in [0.05, 0.1) is 18.4 Å². The average molecular weight is 231 g/mol. The van der Waals surface area contributed by atoms with Crippen LogP contribution in [0.4, 0.5) is 0 Å². The molecule has 1 heterocycles. The van der Waals surface area contributed by atoms with E-state index in [2.05, 4.69) is 9.97 Å². The van der Waals surface area contributed by atoms with E-state index >= 15 is 0 Å². The summed E-state index contributed by atoms with van der Waals surface area (Å²) >= 11 is 0. The maximum absolute atomic E-state index is 9.81. The Bertz CT molecular complexity index is 529. The van der Waals surface area contributed by atoms with Gasteiger partial charge in [-0.15, -0.1) is 0 Å². The summed E-state index contributed by atoms with van der Waals surface area (Å²) in [6.45, 7) is 0.244. The summed E-state index contributed by atoms with van der Waals surface area (Å²) in [5.41, 5.74) is 7.56. The van der Waals surface area contributed by atoms with Crippen LogP contribution in [0, 0.1) is 0 Å². The zero-order valence-electron chi connectivity index (χ0n) is 9.42. The fourth-order valence-corrected chi connectivity index (χ4v) is 1.66. The number of phenols is 1. The number of hydrogen-bond donors (Lipinski definition) is 2. The predicted molar refractivity (Wildman–Crippen MR) is 63.6 cm³/mol. The zero-order valence-corrected chi connectivity index (χ0v) is 9.42. The van der Waals surface area contributed by atoms with Crippen LogP contribution in [0.3, 0.4) is 0 Å². The lowest BCUT2D eigenvalue weighted by atomic mass is 10.1. The van der Waals surface area contributed by atoms with Crippen LogP contribution in [0.5, 0.6) is 11.6 Å². The van der Waals surface area contributed by atoms with Crippen molar-refractivity contribution in [1.82, 2.24) is 9.97 Å². The smallest absolute Gasteiger partial charge is 0.221 e. The van der Waals surface area contributed by atoms with E-state index in [0.29, 0.717) is 22.7 Å². The molecular formula is C12H13N3O2. The third-order valence-corrected chi connectivity index (χ3v) is 2.46. The average Bonchev–Trinajstić information content (AvgIpc) is 2.38. The Morgan fingerprint density at radius 3 is 2.71 bits per heavy atom. The maximum atomic E-state index is 9.81. The van der Waals surface area contributed by atoms with Gasteiger partial charge in [-0.05, 0) is 12.1 Å². The van der Waals surface area contributed by atoms with Gasteiger partial charge >= 0.3 is 0 Å². The number of rotatable bonds is 3. The number of ether oxygens (including phenoxy) is 1. The van der Waals surface area contributed by atoms with Crippen molar-refractivity contribution < 1.29 is 9.84 Å². The molecule has 17 heavy (non-hydrogen) atoms. The minimum atomic E-state index is 0.156. The molecule has 0 spiro atoms. The third kappa shape index (κ3) is 2.05. The van der Waals surface area contributed by atoms with E-state index in [4.69, 9.17) is 10.5 Å². The summed E-state index contributed by atoms with van der Waals surface area (Å²) in [4.78, 5) is 8.15. The summed E-state index contributed by atoms with van der Waals surface area (Å²) in [6.07, 6.45) is 1.39. The highest BCUT2D eigenvalue weighted by molar-refractivity contribution is 5.70. The Labute approximate surface area is 98.9 Å². The second kappa shape index (κ2) is 4.80. The van der Waals surface area contributed by atoms with Crippen LogP contribution in [0.2, 0.25) is 0 Å². The van der Waals surface area contributed by atoms with Crippen molar-refractivity contribution in [3.63, 3.8) is 0 Å². The molecule has 0 aliphatic heterocycles. The molecule has 0 saturated heterocycles. The Morgan fingerprint density at radius 2 is 2.06 bits per heavy atom. The zero-order chi connectivity index (χ0) is 12.3. The maximum Gasteiger partial charge on any atom is 0.221 e. The molecular weight excluding hydrogens is 218 g/mol. The molecule has 0 saturated carbocycles. The van der Waals surface area contributed by atoms with Crippen LogP contribution < -0.4 is 10.5 Å². The van der Waals surface area contributed by atoms with Gasteiger partial charge in [-0.1, -0.05) is 12.1 Å². The molecule has 88 valence electrons. The van der Waals surface area contributed by atoms with Crippen molar-refractivity contribution >= 4 is 0 Å². The van der Waals surface area contributed by atoms with Gasteiger partial charge in [0.1, 0.15) is 12.1 Å². The van der Waals surface area contributed by atoms with Crippen LogP contribution in [0.15, 0.2) is 30.6 Å². The van der Waals surface area contributed by atoms with Crippen molar-refractivity contribution in [2.24, 2.45) is 5.73 Å². The number of nitrogens with zero attached hydrogens (tertiary/aromatic N) is 2. The van der Waals surface area contributed by atoms with Crippen LogP contribution in [0.25, 0.3) is 11.3 Å². The Balaban J connectivity index is 2.63. The van der Waals surface area contributed by atoms with E-state index in [1.54, 1.807) is 18.2 Å². The quantitative estimate of drug-likeness (QED) is 0.832. The molecule has 5 heteroatoms. The molecule has 0 unspecified atom stereocenters. The number of aromatic hydroxyl groups is 1. The van der Waals surface area contributed by atoms with E-state index in [1.165, 1.54) is 13.4 Å². The predicted octanol–water partition coefficient (Wildman–Crippen LogP) is 1.32. The lowest BCUT2D eigenvalue weighted by Crippen LogP contribution is -2.05. The van der Waals surface area contributed by atoms with Gasteiger partial charge in [-0.3, -0.25) is 0 Å². The van der Waals surface area contributed by atoms with E-state index < -0.39 is 0 Å². The Hall–Kier alpha value is -2.14. The molecule has 5 nitrogen and oxygen atoms in total. The number of methoxy groups -OCH3 is 1. The Morgan fingerprint density at radius 1 is 1.29 bits per heavy atom.